The van der Waals surface area contributed by atoms with Crippen molar-refractivity contribution in [2.24, 2.45) is 5.16 Å². The van der Waals surface area contributed by atoms with Gasteiger partial charge in [-0.3, -0.25) is 9.63 Å². The molecule has 130 valence electrons. The first-order chi connectivity index (χ1) is 12.2. The van der Waals surface area contributed by atoms with Gasteiger partial charge in [0.2, 0.25) is 6.79 Å². The largest absolute Gasteiger partial charge is 0.454 e. The fourth-order valence-corrected chi connectivity index (χ4v) is 2.17. The predicted octanol–water partition coefficient (Wildman–Crippen LogP) is 2.40. The summed E-state index contributed by atoms with van der Waals surface area (Å²) in [6, 6.07) is 15.0. The second-order valence-corrected chi connectivity index (χ2v) is 5.32. The van der Waals surface area contributed by atoms with Crippen molar-refractivity contribution in [3.8, 4) is 11.5 Å². The first-order valence-corrected chi connectivity index (χ1v) is 7.73. The molecule has 25 heavy (non-hydrogen) atoms. The van der Waals surface area contributed by atoms with Gasteiger partial charge in [0, 0.05) is 5.56 Å². The van der Waals surface area contributed by atoms with E-state index >= 15 is 0 Å². The van der Waals surface area contributed by atoms with Crippen molar-refractivity contribution < 1.29 is 23.9 Å². The molecule has 1 N–H and O–H groups in total. The van der Waals surface area contributed by atoms with E-state index in [1.807, 2.05) is 42.5 Å². The van der Waals surface area contributed by atoms with Crippen molar-refractivity contribution in [3.63, 3.8) is 0 Å². The Kier molecular flexibility index (Phi) is 5.48. The minimum Gasteiger partial charge on any atom is -0.454 e. The van der Waals surface area contributed by atoms with Crippen LogP contribution in [0.4, 0.5) is 0 Å². The molecule has 0 spiro atoms. The lowest BCUT2D eigenvalue weighted by atomic mass is 10.1. The number of nitrogens with zero attached hydrogens (tertiary/aromatic N) is 1. The molecule has 1 aliphatic rings. The maximum absolute atomic E-state index is 11.6. The summed E-state index contributed by atoms with van der Waals surface area (Å²) >= 11 is 0. The monoisotopic (exact) mass is 342 g/mol. The molecule has 0 radical (unpaired) electrons. The second-order valence-electron chi connectivity index (χ2n) is 5.32. The van der Waals surface area contributed by atoms with E-state index in [0.717, 1.165) is 11.1 Å². The topological polar surface area (TPSA) is 78.4 Å². The number of hydroxylamine groups is 1. The Morgan fingerprint density at radius 1 is 1.16 bits per heavy atom. The Morgan fingerprint density at radius 3 is 2.80 bits per heavy atom. The Balaban J connectivity index is 1.42. The molecule has 1 amide bonds. The van der Waals surface area contributed by atoms with Gasteiger partial charge in [-0.05, 0) is 30.7 Å². The summed E-state index contributed by atoms with van der Waals surface area (Å²) in [6.07, 6.45) is 0. The first kappa shape index (κ1) is 16.8. The number of hydrogen-bond acceptors (Lipinski definition) is 6. The quantitative estimate of drug-likeness (QED) is 0.617. The predicted molar refractivity (Wildman–Crippen MR) is 90.1 cm³/mol. The molecule has 0 atom stereocenters. The van der Waals surface area contributed by atoms with Gasteiger partial charge in [0.05, 0.1) is 12.3 Å². The van der Waals surface area contributed by atoms with Crippen LogP contribution >= 0.6 is 0 Å². The fourth-order valence-electron chi connectivity index (χ4n) is 2.17. The molecule has 0 aromatic heterocycles. The molecular weight excluding hydrogens is 324 g/mol. The Bertz CT molecular complexity index is 761. The minimum atomic E-state index is -0.418. The van der Waals surface area contributed by atoms with Gasteiger partial charge in [-0.2, -0.15) is 0 Å². The number of rotatable bonds is 7. The lowest BCUT2D eigenvalue weighted by Crippen LogP contribution is -2.27. The van der Waals surface area contributed by atoms with Crippen LogP contribution in [-0.2, 0) is 21.1 Å². The van der Waals surface area contributed by atoms with E-state index in [0.29, 0.717) is 17.2 Å². The van der Waals surface area contributed by atoms with Gasteiger partial charge in [-0.1, -0.05) is 35.5 Å². The number of nitrogens with one attached hydrogen (secondary N) is 1. The highest BCUT2D eigenvalue weighted by Crippen LogP contribution is 2.32. The van der Waals surface area contributed by atoms with E-state index in [2.05, 4.69) is 10.6 Å². The van der Waals surface area contributed by atoms with E-state index in [1.54, 1.807) is 13.0 Å². The molecule has 7 heteroatoms. The third kappa shape index (κ3) is 4.71. The zero-order valence-corrected chi connectivity index (χ0v) is 13.7. The van der Waals surface area contributed by atoms with Gasteiger partial charge in [-0.15, -0.1) is 0 Å². The van der Waals surface area contributed by atoms with Crippen LogP contribution in [0.2, 0.25) is 0 Å². The van der Waals surface area contributed by atoms with Gasteiger partial charge in [0.15, 0.2) is 18.1 Å². The van der Waals surface area contributed by atoms with Crippen LogP contribution in [0.25, 0.3) is 0 Å². The number of carbonyl (C=O) groups excluding carboxylic acids is 1. The van der Waals surface area contributed by atoms with Gasteiger partial charge in [0.25, 0.3) is 5.91 Å². The average Bonchev–Trinajstić information content (AvgIpc) is 3.10. The highest BCUT2D eigenvalue weighted by Gasteiger charge is 2.14. The Labute approximate surface area is 145 Å². The molecule has 2 aromatic rings. The van der Waals surface area contributed by atoms with Crippen molar-refractivity contribution in [2.45, 2.75) is 13.5 Å². The van der Waals surface area contributed by atoms with Crippen LogP contribution in [0.5, 0.6) is 11.5 Å². The lowest BCUT2D eigenvalue weighted by Gasteiger charge is -2.06. The van der Waals surface area contributed by atoms with Crippen molar-refractivity contribution in [2.75, 3.05) is 13.4 Å². The lowest BCUT2D eigenvalue weighted by molar-refractivity contribution is -0.139. The summed E-state index contributed by atoms with van der Waals surface area (Å²) in [5.41, 5.74) is 4.71. The van der Waals surface area contributed by atoms with E-state index in [4.69, 9.17) is 19.1 Å². The molecule has 0 saturated carbocycles. The maximum atomic E-state index is 11.6. The Hall–Kier alpha value is -3.06. The standard InChI is InChI=1S/C18H18N2O5/c1-13(15-7-8-16-17(9-15)23-12-22-16)19-25-11-18(21)20-24-10-14-5-3-2-4-6-14/h2-9H,10-12H2,1H3,(H,20,21)/b19-13-. The fraction of sp³-hybridized carbons (Fsp3) is 0.222. The van der Waals surface area contributed by atoms with Crippen LogP contribution < -0.4 is 15.0 Å². The van der Waals surface area contributed by atoms with Crippen molar-refractivity contribution in [1.82, 2.24) is 5.48 Å². The second kappa shape index (κ2) is 8.16. The number of benzene rings is 2. The third-order valence-electron chi connectivity index (χ3n) is 3.46. The van der Waals surface area contributed by atoms with Crippen LogP contribution in [0.15, 0.2) is 53.7 Å². The number of hydrogen-bond donors (Lipinski definition) is 1. The van der Waals surface area contributed by atoms with E-state index in [-0.39, 0.29) is 20.0 Å². The zero-order valence-electron chi connectivity index (χ0n) is 13.7. The van der Waals surface area contributed by atoms with Gasteiger partial charge < -0.3 is 14.3 Å². The molecule has 0 unspecified atom stereocenters. The van der Waals surface area contributed by atoms with Gasteiger partial charge in [0.1, 0.15) is 0 Å². The summed E-state index contributed by atoms with van der Waals surface area (Å²) in [4.78, 5) is 21.8. The SMILES string of the molecule is C/C(=N/OCC(=O)NOCc1ccccc1)c1ccc2c(c1)OCO2. The molecule has 3 rings (SSSR count). The van der Waals surface area contributed by atoms with Gasteiger partial charge >= 0.3 is 0 Å². The molecular formula is C18H18N2O5. The average molecular weight is 342 g/mol. The molecule has 1 heterocycles. The van der Waals surface area contributed by atoms with Crippen molar-refractivity contribution >= 4 is 11.6 Å². The van der Waals surface area contributed by atoms with E-state index < -0.39 is 5.91 Å². The van der Waals surface area contributed by atoms with Crippen LogP contribution in [0.3, 0.4) is 0 Å². The number of ether oxygens (including phenoxy) is 2. The third-order valence-corrected chi connectivity index (χ3v) is 3.46. The zero-order chi connectivity index (χ0) is 17.5. The number of amides is 1. The molecule has 2 aromatic carbocycles. The van der Waals surface area contributed by atoms with Crippen LogP contribution in [-0.4, -0.2) is 25.0 Å². The van der Waals surface area contributed by atoms with Crippen molar-refractivity contribution in [3.05, 3.63) is 59.7 Å². The van der Waals surface area contributed by atoms with Crippen LogP contribution in [0, 0.1) is 0 Å². The summed E-state index contributed by atoms with van der Waals surface area (Å²) in [7, 11) is 0. The highest BCUT2D eigenvalue weighted by atomic mass is 16.7. The molecule has 7 nitrogen and oxygen atoms in total. The molecule has 0 bridgehead atoms. The highest BCUT2D eigenvalue weighted by molar-refractivity contribution is 5.99. The summed E-state index contributed by atoms with van der Waals surface area (Å²) in [6.45, 7) is 2.04. The summed E-state index contributed by atoms with van der Waals surface area (Å²) in [5, 5.41) is 3.93. The number of fused-ring (bicyclic) bond motifs is 1. The maximum Gasteiger partial charge on any atom is 0.284 e. The summed E-state index contributed by atoms with van der Waals surface area (Å²) in [5.74, 6) is 0.949. The van der Waals surface area contributed by atoms with Crippen LogP contribution in [0.1, 0.15) is 18.1 Å². The minimum absolute atomic E-state index is 0.217. The Morgan fingerprint density at radius 2 is 1.96 bits per heavy atom. The number of oxime groups is 1. The number of carbonyl (C=O) groups is 1. The molecule has 0 aliphatic carbocycles. The van der Waals surface area contributed by atoms with E-state index in [1.165, 1.54) is 0 Å². The smallest absolute Gasteiger partial charge is 0.284 e. The normalized spacial score (nSPS) is 12.8. The summed E-state index contributed by atoms with van der Waals surface area (Å²) < 4.78 is 10.6. The van der Waals surface area contributed by atoms with Gasteiger partial charge in [-0.25, -0.2) is 5.48 Å². The van der Waals surface area contributed by atoms with Crippen molar-refractivity contribution in [1.29, 1.82) is 0 Å². The molecule has 0 fully saturated rings. The molecule has 0 saturated heterocycles. The first-order valence-electron chi connectivity index (χ1n) is 7.73. The molecule has 1 aliphatic heterocycles. The van der Waals surface area contributed by atoms with E-state index in [9.17, 15) is 4.79 Å².